The molecule has 2 heterocycles. The van der Waals surface area contributed by atoms with Gasteiger partial charge in [-0.15, -0.1) is 10.2 Å². The Bertz CT molecular complexity index is 876. The normalized spacial score (nSPS) is 11.3. The zero-order valence-electron chi connectivity index (χ0n) is 11.0. The van der Waals surface area contributed by atoms with Crippen LogP contribution in [0.4, 0.5) is 13.2 Å². The molecule has 0 saturated heterocycles. The van der Waals surface area contributed by atoms with Crippen LogP contribution in [0.2, 0.25) is 5.15 Å². The Labute approximate surface area is 122 Å². The van der Waals surface area contributed by atoms with E-state index in [0.717, 1.165) is 17.7 Å². The zero-order valence-corrected chi connectivity index (χ0v) is 11.7. The van der Waals surface area contributed by atoms with E-state index in [1.807, 2.05) is 0 Å². The average molecular weight is 313 g/mol. The largest absolute Gasteiger partial charge is 0.204 e. The van der Waals surface area contributed by atoms with Crippen LogP contribution in [0.1, 0.15) is 11.1 Å². The van der Waals surface area contributed by atoms with Gasteiger partial charge in [0.25, 0.3) is 0 Å². The molecule has 1 aromatic carbocycles. The first kappa shape index (κ1) is 13.8. The highest BCUT2D eigenvalue weighted by atomic mass is 35.5. The van der Waals surface area contributed by atoms with Crippen LogP contribution in [-0.4, -0.2) is 19.8 Å². The second kappa shape index (κ2) is 4.70. The molecule has 3 aromatic rings. The number of fused-ring (bicyclic) bond motifs is 1. The summed E-state index contributed by atoms with van der Waals surface area (Å²) in [6.07, 6.45) is 0. The van der Waals surface area contributed by atoms with Crippen LogP contribution in [0.25, 0.3) is 17.0 Å². The number of halogens is 4. The molecule has 21 heavy (non-hydrogen) atoms. The van der Waals surface area contributed by atoms with E-state index >= 15 is 0 Å². The van der Waals surface area contributed by atoms with Gasteiger partial charge >= 0.3 is 0 Å². The summed E-state index contributed by atoms with van der Waals surface area (Å²) < 4.78 is 41.4. The van der Waals surface area contributed by atoms with E-state index in [2.05, 4.69) is 15.3 Å². The second-order valence-electron chi connectivity index (χ2n) is 4.52. The summed E-state index contributed by atoms with van der Waals surface area (Å²) in [7, 11) is 0. The third-order valence-corrected chi connectivity index (χ3v) is 3.67. The molecule has 0 aliphatic heterocycles. The van der Waals surface area contributed by atoms with Crippen LogP contribution in [0.15, 0.2) is 12.1 Å². The summed E-state index contributed by atoms with van der Waals surface area (Å²) in [4.78, 5) is 0. The van der Waals surface area contributed by atoms with Crippen molar-refractivity contribution in [3.63, 3.8) is 0 Å². The zero-order chi connectivity index (χ0) is 15.3. The minimum atomic E-state index is -1.57. The van der Waals surface area contributed by atoms with Gasteiger partial charge in [-0.2, -0.15) is 9.61 Å². The molecule has 0 fully saturated rings. The van der Waals surface area contributed by atoms with Gasteiger partial charge in [0, 0.05) is 5.56 Å². The number of aryl methyl sites for hydroxylation is 1. The standard InChI is InChI=1S/C13H8ClF3N4/c1-5-6(2)12-18-19-13(21(12)20-11(5)14)7-3-4-8(15)10(17)9(7)16/h3-4H,1-2H3. The van der Waals surface area contributed by atoms with Gasteiger partial charge in [0.05, 0.1) is 5.56 Å². The van der Waals surface area contributed by atoms with Crippen LogP contribution in [-0.2, 0) is 0 Å². The van der Waals surface area contributed by atoms with Gasteiger partial charge in [0.15, 0.2) is 34.1 Å². The number of nitrogens with zero attached hydrogens (tertiary/aromatic N) is 4. The van der Waals surface area contributed by atoms with Crippen molar-refractivity contribution in [1.29, 1.82) is 0 Å². The first-order valence-electron chi connectivity index (χ1n) is 5.93. The maximum Gasteiger partial charge on any atom is 0.195 e. The molecule has 0 radical (unpaired) electrons. The SMILES string of the molecule is Cc1c(Cl)nn2c(-c3ccc(F)c(F)c3F)nnc2c1C. The average Bonchev–Trinajstić information content (AvgIpc) is 2.86. The van der Waals surface area contributed by atoms with Gasteiger partial charge < -0.3 is 0 Å². The summed E-state index contributed by atoms with van der Waals surface area (Å²) in [5, 5.41) is 11.9. The van der Waals surface area contributed by atoms with Crippen LogP contribution in [0.5, 0.6) is 0 Å². The number of aromatic nitrogens is 4. The van der Waals surface area contributed by atoms with Crippen molar-refractivity contribution in [1.82, 2.24) is 19.8 Å². The predicted molar refractivity (Wildman–Crippen MR) is 70.6 cm³/mol. The van der Waals surface area contributed by atoms with Crippen molar-refractivity contribution in [2.24, 2.45) is 0 Å². The van der Waals surface area contributed by atoms with Crippen molar-refractivity contribution >= 4 is 17.2 Å². The Kier molecular flexibility index (Phi) is 3.09. The fraction of sp³-hybridized carbons (Fsp3) is 0.154. The molecule has 0 atom stereocenters. The Morgan fingerprint density at radius 2 is 1.71 bits per heavy atom. The van der Waals surface area contributed by atoms with Crippen LogP contribution < -0.4 is 0 Å². The first-order valence-corrected chi connectivity index (χ1v) is 6.31. The van der Waals surface area contributed by atoms with Crippen molar-refractivity contribution in [2.45, 2.75) is 13.8 Å². The molecule has 8 heteroatoms. The molecule has 108 valence electrons. The summed E-state index contributed by atoms with van der Waals surface area (Å²) in [6.45, 7) is 3.52. The van der Waals surface area contributed by atoms with E-state index < -0.39 is 17.5 Å². The minimum Gasteiger partial charge on any atom is -0.204 e. The molecule has 0 spiro atoms. The Balaban J connectivity index is 2.35. The number of hydrogen-bond acceptors (Lipinski definition) is 3. The Hall–Kier alpha value is -2.15. The van der Waals surface area contributed by atoms with E-state index in [1.165, 1.54) is 4.52 Å². The van der Waals surface area contributed by atoms with Crippen molar-refractivity contribution < 1.29 is 13.2 Å². The summed E-state index contributed by atoms with van der Waals surface area (Å²) in [5.41, 5.74) is 1.56. The van der Waals surface area contributed by atoms with E-state index in [9.17, 15) is 13.2 Å². The van der Waals surface area contributed by atoms with Crippen LogP contribution in [0, 0.1) is 31.3 Å². The molecule has 2 aromatic heterocycles. The molecule has 0 unspecified atom stereocenters. The van der Waals surface area contributed by atoms with Crippen molar-refractivity contribution in [2.75, 3.05) is 0 Å². The Morgan fingerprint density at radius 3 is 2.43 bits per heavy atom. The lowest BCUT2D eigenvalue weighted by Gasteiger charge is -2.06. The molecule has 0 saturated carbocycles. The maximum absolute atomic E-state index is 13.9. The van der Waals surface area contributed by atoms with E-state index in [0.29, 0.717) is 11.2 Å². The summed E-state index contributed by atoms with van der Waals surface area (Å²) in [5.74, 6) is -4.24. The third kappa shape index (κ3) is 1.96. The molecule has 0 amide bonds. The van der Waals surface area contributed by atoms with Gasteiger partial charge in [-0.1, -0.05) is 11.6 Å². The maximum atomic E-state index is 13.9. The van der Waals surface area contributed by atoms with Gasteiger partial charge in [-0.25, -0.2) is 13.2 Å². The van der Waals surface area contributed by atoms with Crippen LogP contribution >= 0.6 is 11.6 Å². The lowest BCUT2D eigenvalue weighted by Crippen LogP contribution is -2.02. The molecule has 0 bridgehead atoms. The number of benzene rings is 1. The molecule has 0 N–H and O–H groups in total. The van der Waals surface area contributed by atoms with Crippen LogP contribution in [0.3, 0.4) is 0 Å². The monoisotopic (exact) mass is 312 g/mol. The quantitative estimate of drug-likeness (QED) is 0.646. The minimum absolute atomic E-state index is 0.0496. The van der Waals surface area contributed by atoms with Crippen molar-refractivity contribution in [3.05, 3.63) is 45.9 Å². The van der Waals surface area contributed by atoms with E-state index in [4.69, 9.17) is 11.6 Å². The third-order valence-electron chi connectivity index (χ3n) is 3.31. The topological polar surface area (TPSA) is 43.1 Å². The fourth-order valence-corrected chi connectivity index (χ4v) is 2.18. The van der Waals surface area contributed by atoms with Gasteiger partial charge in [0.2, 0.25) is 0 Å². The van der Waals surface area contributed by atoms with Gasteiger partial charge in [-0.05, 0) is 31.5 Å². The van der Waals surface area contributed by atoms with E-state index in [1.54, 1.807) is 13.8 Å². The smallest absolute Gasteiger partial charge is 0.195 e. The summed E-state index contributed by atoms with van der Waals surface area (Å²) in [6, 6.07) is 1.90. The number of rotatable bonds is 1. The molecular formula is C13H8ClF3N4. The highest BCUT2D eigenvalue weighted by Gasteiger charge is 2.21. The number of hydrogen-bond donors (Lipinski definition) is 0. The molecule has 4 nitrogen and oxygen atoms in total. The van der Waals surface area contributed by atoms with Gasteiger partial charge in [0.1, 0.15) is 0 Å². The van der Waals surface area contributed by atoms with Gasteiger partial charge in [-0.3, -0.25) is 0 Å². The molecule has 0 aliphatic carbocycles. The lowest BCUT2D eigenvalue weighted by atomic mass is 10.2. The van der Waals surface area contributed by atoms with Crippen molar-refractivity contribution in [3.8, 4) is 11.4 Å². The first-order chi connectivity index (χ1) is 9.91. The molecular weight excluding hydrogens is 305 g/mol. The molecule has 0 aliphatic rings. The fourth-order valence-electron chi connectivity index (χ4n) is 1.96. The highest BCUT2D eigenvalue weighted by molar-refractivity contribution is 6.30. The highest BCUT2D eigenvalue weighted by Crippen LogP contribution is 2.27. The van der Waals surface area contributed by atoms with E-state index in [-0.39, 0.29) is 16.5 Å². The predicted octanol–water partition coefficient (Wildman–Crippen LogP) is 3.48. The molecule has 3 rings (SSSR count). The Morgan fingerprint density at radius 1 is 1.00 bits per heavy atom. The summed E-state index contributed by atoms with van der Waals surface area (Å²) >= 11 is 5.99. The second-order valence-corrected chi connectivity index (χ2v) is 4.88. The lowest BCUT2D eigenvalue weighted by molar-refractivity contribution is 0.448.